The van der Waals surface area contributed by atoms with Crippen LogP contribution in [0.25, 0.3) is 0 Å². The van der Waals surface area contributed by atoms with Gasteiger partial charge in [-0.25, -0.2) is 0 Å². The van der Waals surface area contributed by atoms with E-state index in [1.165, 1.54) is 4.88 Å². The van der Waals surface area contributed by atoms with Crippen molar-refractivity contribution in [1.82, 2.24) is 9.88 Å². The van der Waals surface area contributed by atoms with Crippen molar-refractivity contribution in [3.05, 3.63) is 57.1 Å². The topological polar surface area (TPSA) is 72.4 Å². The van der Waals surface area contributed by atoms with Crippen LogP contribution in [0.2, 0.25) is 0 Å². The molecule has 2 heterocycles. The fraction of sp³-hybridized carbons (Fsp3) is 0.375. The van der Waals surface area contributed by atoms with Crippen molar-refractivity contribution in [1.29, 1.82) is 0 Å². The summed E-state index contributed by atoms with van der Waals surface area (Å²) in [6.07, 6.45) is 4.60. The summed E-state index contributed by atoms with van der Waals surface area (Å²) in [6, 6.07) is 9.37. The molecule has 0 aromatic carbocycles. The number of rotatable bonds is 8. The van der Waals surface area contributed by atoms with Gasteiger partial charge in [-0.3, -0.25) is 9.79 Å². The molecule has 2 rings (SSSR count). The predicted octanol–water partition coefficient (Wildman–Crippen LogP) is 2.46. The third-order valence-corrected chi connectivity index (χ3v) is 4.18. The lowest BCUT2D eigenvalue weighted by molar-refractivity contribution is 0.598. The molecule has 7 heteroatoms. The minimum atomic E-state index is 0. The molecule has 126 valence electrons. The van der Waals surface area contributed by atoms with Crippen LogP contribution in [0.15, 0.2) is 51.7 Å². The van der Waals surface area contributed by atoms with Crippen molar-refractivity contribution in [3.8, 4) is 0 Å². The molecule has 2 aromatic heterocycles. The third kappa shape index (κ3) is 7.65. The van der Waals surface area contributed by atoms with Crippen molar-refractivity contribution < 1.29 is 0 Å². The normalized spacial score (nSPS) is 11.0. The summed E-state index contributed by atoms with van der Waals surface area (Å²) in [5.41, 5.74) is 5.86. The molecule has 0 spiro atoms. The third-order valence-electron chi connectivity index (χ3n) is 3.25. The van der Waals surface area contributed by atoms with E-state index in [-0.39, 0.29) is 29.5 Å². The lowest BCUT2D eigenvalue weighted by Crippen LogP contribution is -2.33. The monoisotopic (exact) mass is 446 g/mol. The highest BCUT2D eigenvalue weighted by Gasteiger charge is 1.96. The Morgan fingerprint density at radius 3 is 2.87 bits per heavy atom. The maximum absolute atomic E-state index is 11.5. The van der Waals surface area contributed by atoms with Crippen LogP contribution >= 0.6 is 35.3 Å². The number of halogens is 1. The van der Waals surface area contributed by atoms with Crippen LogP contribution in [-0.2, 0) is 13.0 Å². The number of aryl methyl sites for hydroxylation is 1. The van der Waals surface area contributed by atoms with Crippen LogP contribution in [0.5, 0.6) is 0 Å². The van der Waals surface area contributed by atoms with Crippen LogP contribution in [0.4, 0.5) is 0 Å². The van der Waals surface area contributed by atoms with Gasteiger partial charge >= 0.3 is 0 Å². The lowest BCUT2D eigenvalue weighted by atomic mass is 10.3. The Morgan fingerprint density at radius 2 is 2.13 bits per heavy atom. The van der Waals surface area contributed by atoms with E-state index in [9.17, 15) is 4.79 Å². The molecule has 0 radical (unpaired) electrons. The summed E-state index contributed by atoms with van der Waals surface area (Å²) in [5.74, 6) is 0.494. The number of nitrogens with one attached hydrogen (secondary N) is 1. The van der Waals surface area contributed by atoms with Gasteiger partial charge in [0.1, 0.15) is 0 Å². The summed E-state index contributed by atoms with van der Waals surface area (Å²) >= 11 is 1.75. The van der Waals surface area contributed by atoms with Crippen LogP contribution in [0.3, 0.4) is 0 Å². The zero-order valence-corrected chi connectivity index (χ0v) is 16.1. The number of aliphatic imine (C=N–C) groups is 1. The van der Waals surface area contributed by atoms with Gasteiger partial charge in [0.05, 0.1) is 0 Å². The Bertz CT molecular complexity index is 640. The summed E-state index contributed by atoms with van der Waals surface area (Å²) in [6.45, 7) is 2.20. The zero-order chi connectivity index (χ0) is 15.6. The number of guanidine groups is 1. The second-order valence-electron chi connectivity index (χ2n) is 4.96. The van der Waals surface area contributed by atoms with E-state index >= 15 is 0 Å². The smallest absolute Gasteiger partial charge is 0.250 e. The number of aromatic nitrogens is 1. The molecule has 3 N–H and O–H groups in total. The first kappa shape index (κ1) is 19.7. The first-order valence-corrected chi connectivity index (χ1v) is 8.35. The number of nitrogens with zero attached hydrogens (tertiary/aromatic N) is 2. The average molecular weight is 446 g/mol. The molecule has 5 nitrogen and oxygen atoms in total. The lowest BCUT2D eigenvalue weighted by Gasteiger charge is -2.05. The van der Waals surface area contributed by atoms with E-state index in [0.717, 1.165) is 32.4 Å². The number of hydrogen-bond donors (Lipinski definition) is 2. The van der Waals surface area contributed by atoms with Crippen molar-refractivity contribution >= 4 is 41.3 Å². The Labute approximate surface area is 157 Å². The average Bonchev–Trinajstić information content (AvgIpc) is 3.02. The van der Waals surface area contributed by atoms with Gasteiger partial charge in [0, 0.05) is 36.8 Å². The van der Waals surface area contributed by atoms with Crippen LogP contribution in [-0.4, -0.2) is 23.6 Å². The van der Waals surface area contributed by atoms with E-state index in [4.69, 9.17) is 5.73 Å². The largest absolute Gasteiger partial charge is 0.370 e. The molecule has 0 aliphatic carbocycles. The first-order valence-electron chi connectivity index (χ1n) is 7.47. The zero-order valence-electron chi connectivity index (χ0n) is 13.0. The summed E-state index contributed by atoms with van der Waals surface area (Å²) in [7, 11) is 0. The highest BCUT2D eigenvalue weighted by Crippen LogP contribution is 2.07. The standard InChI is InChI=1S/C16H22N4OS.HI/c17-16(19-10-8-14-6-5-13-22-14)18-9-2-4-12-20-11-3-1-7-15(20)21;/h1,3,5-7,11,13H,2,4,8-10,12H2,(H3,17,18,19);1H. The predicted molar refractivity (Wildman–Crippen MR) is 108 cm³/mol. The molecule has 0 unspecified atom stereocenters. The maximum Gasteiger partial charge on any atom is 0.250 e. The summed E-state index contributed by atoms with van der Waals surface area (Å²) in [5, 5.41) is 5.19. The van der Waals surface area contributed by atoms with Crippen molar-refractivity contribution in [2.45, 2.75) is 25.8 Å². The highest BCUT2D eigenvalue weighted by atomic mass is 127. The molecule has 0 bridgehead atoms. The Morgan fingerprint density at radius 1 is 1.26 bits per heavy atom. The number of thiophene rings is 1. The second-order valence-corrected chi connectivity index (χ2v) is 5.99. The van der Waals surface area contributed by atoms with Crippen LogP contribution in [0, 0.1) is 0 Å². The van der Waals surface area contributed by atoms with E-state index in [2.05, 4.69) is 27.8 Å². The van der Waals surface area contributed by atoms with Gasteiger partial charge in [0.2, 0.25) is 5.56 Å². The van der Waals surface area contributed by atoms with Crippen molar-refractivity contribution in [2.75, 3.05) is 13.1 Å². The van der Waals surface area contributed by atoms with Crippen molar-refractivity contribution in [2.24, 2.45) is 10.7 Å². The molecule has 0 saturated carbocycles. The molecule has 0 aliphatic rings. The Balaban J connectivity index is 0.00000264. The number of nitrogens with two attached hydrogens (primary N) is 1. The van der Waals surface area contributed by atoms with E-state index in [1.807, 2.05) is 12.3 Å². The minimum Gasteiger partial charge on any atom is -0.370 e. The molecular weight excluding hydrogens is 423 g/mol. The van der Waals surface area contributed by atoms with Gasteiger partial charge in [-0.15, -0.1) is 35.3 Å². The molecule has 0 aliphatic heterocycles. The van der Waals surface area contributed by atoms with Crippen LogP contribution in [0.1, 0.15) is 17.7 Å². The summed E-state index contributed by atoms with van der Waals surface area (Å²) in [4.78, 5) is 17.2. The molecule has 23 heavy (non-hydrogen) atoms. The van der Waals surface area contributed by atoms with Crippen LogP contribution < -0.4 is 16.6 Å². The quantitative estimate of drug-likeness (QED) is 0.283. The Kier molecular flexibility index (Phi) is 9.61. The number of pyridine rings is 1. The first-order chi connectivity index (χ1) is 10.8. The molecule has 0 amide bonds. The molecular formula is C16H23IN4OS. The summed E-state index contributed by atoms with van der Waals surface area (Å²) < 4.78 is 1.71. The van der Waals surface area contributed by atoms with Gasteiger partial charge in [0.25, 0.3) is 0 Å². The van der Waals surface area contributed by atoms with E-state index < -0.39 is 0 Å². The minimum absolute atomic E-state index is 0. The Hall–Kier alpha value is -1.35. The number of unbranched alkanes of at least 4 members (excludes halogenated alkanes) is 1. The number of hydrogen-bond acceptors (Lipinski definition) is 3. The van der Waals surface area contributed by atoms with E-state index in [0.29, 0.717) is 12.5 Å². The molecule has 2 aromatic rings. The van der Waals surface area contributed by atoms with Gasteiger partial charge in [-0.1, -0.05) is 12.1 Å². The molecule has 0 saturated heterocycles. The molecule has 0 atom stereocenters. The maximum atomic E-state index is 11.5. The SMILES string of the molecule is I.NC(=NCCCCn1ccccc1=O)NCCc1cccs1. The molecule has 0 fully saturated rings. The van der Waals surface area contributed by atoms with Gasteiger partial charge in [-0.05, 0) is 36.8 Å². The van der Waals surface area contributed by atoms with Crippen molar-refractivity contribution in [3.63, 3.8) is 0 Å². The fourth-order valence-electron chi connectivity index (χ4n) is 2.06. The van der Waals surface area contributed by atoms with E-state index in [1.54, 1.807) is 28.0 Å². The second kappa shape index (κ2) is 11.2. The van der Waals surface area contributed by atoms with Gasteiger partial charge < -0.3 is 15.6 Å². The van der Waals surface area contributed by atoms with Gasteiger partial charge in [0.15, 0.2) is 5.96 Å². The highest BCUT2D eigenvalue weighted by molar-refractivity contribution is 14.0. The fourth-order valence-corrected chi connectivity index (χ4v) is 2.77. The van der Waals surface area contributed by atoms with Gasteiger partial charge in [-0.2, -0.15) is 0 Å².